The predicted octanol–water partition coefficient (Wildman–Crippen LogP) is 3.11. The Balaban J connectivity index is 1.42. The van der Waals surface area contributed by atoms with Gasteiger partial charge in [-0.2, -0.15) is 0 Å². The zero-order valence-electron chi connectivity index (χ0n) is 16.4. The van der Waals surface area contributed by atoms with Crippen molar-refractivity contribution < 1.29 is 23.8 Å². The van der Waals surface area contributed by atoms with Crippen molar-refractivity contribution in [2.24, 2.45) is 0 Å². The first-order chi connectivity index (χ1) is 13.2. The van der Waals surface area contributed by atoms with Gasteiger partial charge in [0.05, 0.1) is 24.3 Å². The quantitative estimate of drug-likeness (QED) is 0.609. The highest BCUT2D eigenvalue weighted by Gasteiger charge is 2.38. The number of amides is 1. The van der Waals surface area contributed by atoms with Gasteiger partial charge in [-0.05, 0) is 48.3 Å². The molecule has 0 aliphatic carbocycles. The molecule has 0 radical (unpaired) electrons. The molecule has 28 heavy (non-hydrogen) atoms. The van der Waals surface area contributed by atoms with Crippen LogP contribution in [0.4, 0.5) is 4.79 Å². The third kappa shape index (κ3) is 3.77. The Morgan fingerprint density at radius 2 is 2.04 bits per heavy atom. The van der Waals surface area contributed by atoms with Gasteiger partial charge in [0.25, 0.3) is 0 Å². The molecule has 3 heterocycles. The van der Waals surface area contributed by atoms with Gasteiger partial charge in [-0.25, -0.2) is 9.59 Å². The van der Waals surface area contributed by atoms with Crippen LogP contribution in [0.5, 0.6) is 0 Å². The van der Waals surface area contributed by atoms with Gasteiger partial charge in [-0.15, -0.1) is 0 Å². The van der Waals surface area contributed by atoms with E-state index in [0.29, 0.717) is 31.9 Å². The highest BCUT2D eigenvalue weighted by Crippen LogP contribution is 2.37. The summed E-state index contributed by atoms with van der Waals surface area (Å²) in [6, 6.07) is 3.92. The molecular formula is C20H25BrN2O5. The number of hydrogen-bond donors (Lipinski definition) is 0. The lowest BCUT2D eigenvalue weighted by Gasteiger charge is -2.46. The van der Waals surface area contributed by atoms with E-state index >= 15 is 0 Å². The largest absolute Gasteiger partial charge is 0.457 e. The first-order valence-electron chi connectivity index (χ1n) is 9.55. The van der Waals surface area contributed by atoms with Gasteiger partial charge in [-0.3, -0.25) is 4.90 Å². The number of carbonyl (C=O) groups excluding carboxylic acids is 2. The number of piperazine rings is 1. The number of ether oxygens (including phenoxy) is 3. The number of benzene rings is 1. The number of carbonyl (C=O) groups is 2. The molecule has 8 heteroatoms. The first-order valence-corrected chi connectivity index (χ1v) is 10.3. The topological polar surface area (TPSA) is 68.3 Å². The minimum atomic E-state index is -0.493. The number of cyclic esters (lactones) is 1. The van der Waals surface area contributed by atoms with Gasteiger partial charge in [0.1, 0.15) is 12.2 Å². The van der Waals surface area contributed by atoms with Crippen LogP contribution in [0, 0.1) is 0 Å². The Labute approximate surface area is 173 Å². The second kappa shape index (κ2) is 7.31. The number of esters is 1. The van der Waals surface area contributed by atoms with Crippen LogP contribution in [-0.4, -0.2) is 66.3 Å². The van der Waals surface area contributed by atoms with E-state index in [2.05, 4.69) is 20.8 Å². The number of morpholine rings is 1. The van der Waals surface area contributed by atoms with Gasteiger partial charge in [0.2, 0.25) is 0 Å². The van der Waals surface area contributed by atoms with Crippen LogP contribution in [0.3, 0.4) is 0 Å². The fourth-order valence-electron chi connectivity index (χ4n) is 3.90. The van der Waals surface area contributed by atoms with Crippen LogP contribution < -0.4 is 0 Å². The van der Waals surface area contributed by atoms with E-state index in [9.17, 15) is 9.59 Å². The maximum atomic E-state index is 12.4. The predicted molar refractivity (Wildman–Crippen MR) is 105 cm³/mol. The number of rotatable bonds is 1. The molecule has 0 saturated carbocycles. The molecule has 3 aliphatic heterocycles. The van der Waals surface area contributed by atoms with Gasteiger partial charge in [0.15, 0.2) is 0 Å². The molecular weight excluding hydrogens is 428 g/mol. The Morgan fingerprint density at radius 1 is 1.25 bits per heavy atom. The lowest BCUT2D eigenvalue weighted by Crippen LogP contribution is -2.60. The van der Waals surface area contributed by atoms with Crippen LogP contribution in [0.25, 0.3) is 0 Å². The highest BCUT2D eigenvalue weighted by molar-refractivity contribution is 9.10. The van der Waals surface area contributed by atoms with Crippen molar-refractivity contribution in [1.29, 1.82) is 0 Å². The SMILES string of the molecule is CC(C)(C)OC(=O)N1CCN2C[C@@H](c3ccc4c(c3Br)COC4=O)OC[C@@H]2C1. The summed E-state index contributed by atoms with van der Waals surface area (Å²) in [6.45, 7) is 9.26. The minimum Gasteiger partial charge on any atom is -0.457 e. The Kier molecular flexibility index (Phi) is 5.14. The number of halogens is 1. The molecule has 2 saturated heterocycles. The third-order valence-corrected chi connectivity index (χ3v) is 6.27. The van der Waals surface area contributed by atoms with Crippen molar-refractivity contribution in [3.8, 4) is 0 Å². The molecule has 0 N–H and O–H groups in total. The molecule has 0 spiro atoms. The highest BCUT2D eigenvalue weighted by atomic mass is 79.9. The number of nitrogens with zero attached hydrogens (tertiary/aromatic N) is 2. The summed E-state index contributed by atoms with van der Waals surface area (Å²) in [7, 11) is 0. The molecule has 0 bridgehead atoms. The van der Waals surface area contributed by atoms with E-state index in [4.69, 9.17) is 14.2 Å². The third-order valence-electron chi connectivity index (χ3n) is 5.33. The van der Waals surface area contributed by atoms with E-state index in [1.54, 1.807) is 4.90 Å². The lowest BCUT2D eigenvalue weighted by atomic mass is 9.99. The van der Waals surface area contributed by atoms with Crippen molar-refractivity contribution in [2.75, 3.05) is 32.8 Å². The zero-order valence-corrected chi connectivity index (χ0v) is 18.0. The Bertz CT molecular complexity index is 807. The smallest absolute Gasteiger partial charge is 0.410 e. The lowest BCUT2D eigenvalue weighted by molar-refractivity contribution is -0.0908. The molecule has 2 atom stereocenters. The van der Waals surface area contributed by atoms with Crippen LogP contribution in [-0.2, 0) is 20.8 Å². The molecule has 4 rings (SSSR count). The summed E-state index contributed by atoms with van der Waals surface area (Å²) in [6.07, 6.45) is -0.347. The average molecular weight is 453 g/mol. The molecule has 7 nitrogen and oxygen atoms in total. The summed E-state index contributed by atoms with van der Waals surface area (Å²) in [5, 5.41) is 0. The molecule has 152 valence electrons. The van der Waals surface area contributed by atoms with Gasteiger partial charge in [-0.1, -0.05) is 6.07 Å². The summed E-state index contributed by atoms with van der Waals surface area (Å²) < 4.78 is 17.7. The Morgan fingerprint density at radius 3 is 2.79 bits per heavy atom. The maximum Gasteiger partial charge on any atom is 0.410 e. The molecule has 3 aliphatic rings. The van der Waals surface area contributed by atoms with Gasteiger partial charge >= 0.3 is 12.1 Å². The average Bonchev–Trinajstić information content (AvgIpc) is 3.02. The normalized spacial score (nSPS) is 25.1. The first kappa shape index (κ1) is 19.7. The second-order valence-corrected chi connectivity index (χ2v) is 9.26. The molecule has 1 aromatic rings. The molecule has 1 aromatic carbocycles. The summed E-state index contributed by atoms with van der Waals surface area (Å²) in [4.78, 5) is 28.2. The van der Waals surface area contributed by atoms with E-state index < -0.39 is 5.60 Å². The molecule has 1 amide bonds. The van der Waals surface area contributed by atoms with Crippen LogP contribution in [0.15, 0.2) is 16.6 Å². The summed E-state index contributed by atoms with van der Waals surface area (Å²) in [5.41, 5.74) is 2.05. The molecule has 0 unspecified atom stereocenters. The molecule has 2 fully saturated rings. The standard InChI is InChI=1S/C20H25BrN2O5/c1-20(2,3)28-19(25)23-7-6-22-9-16(26-10-12(22)8-23)14-5-4-13-15(17(14)21)11-27-18(13)24/h4-5,12,16H,6-11H2,1-3H3/t12-,16-/m0/s1. The fourth-order valence-corrected chi connectivity index (χ4v) is 4.62. The van der Waals surface area contributed by atoms with Crippen molar-refractivity contribution >= 4 is 28.0 Å². The summed E-state index contributed by atoms with van der Waals surface area (Å²) >= 11 is 3.64. The van der Waals surface area contributed by atoms with Crippen molar-refractivity contribution in [2.45, 2.75) is 45.1 Å². The Hall–Kier alpha value is -1.64. The van der Waals surface area contributed by atoms with E-state index in [1.807, 2.05) is 32.9 Å². The molecule has 0 aromatic heterocycles. The van der Waals surface area contributed by atoms with Crippen LogP contribution in [0.1, 0.15) is 48.4 Å². The monoisotopic (exact) mass is 452 g/mol. The van der Waals surface area contributed by atoms with Crippen LogP contribution in [0.2, 0.25) is 0 Å². The van der Waals surface area contributed by atoms with Crippen molar-refractivity contribution in [3.05, 3.63) is 33.3 Å². The van der Waals surface area contributed by atoms with E-state index in [0.717, 1.165) is 28.7 Å². The minimum absolute atomic E-state index is 0.0836. The fraction of sp³-hybridized carbons (Fsp3) is 0.600. The van der Waals surface area contributed by atoms with Crippen molar-refractivity contribution in [3.63, 3.8) is 0 Å². The van der Waals surface area contributed by atoms with Crippen molar-refractivity contribution in [1.82, 2.24) is 9.80 Å². The zero-order chi connectivity index (χ0) is 20.1. The van der Waals surface area contributed by atoms with E-state index in [-0.39, 0.29) is 24.2 Å². The van der Waals surface area contributed by atoms with Gasteiger partial charge < -0.3 is 19.1 Å². The maximum absolute atomic E-state index is 12.4. The number of hydrogen-bond acceptors (Lipinski definition) is 6. The summed E-state index contributed by atoms with van der Waals surface area (Å²) in [5.74, 6) is -0.273. The number of fused-ring (bicyclic) bond motifs is 2. The van der Waals surface area contributed by atoms with E-state index in [1.165, 1.54) is 0 Å². The van der Waals surface area contributed by atoms with Crippen LogP contribution >= 0.6 is 15.9 Å². The van der Waals surface area contributed by atoms with Gasteiger partial charge in [0, 0.05) is 36.2 Å². The second-order valence-electron chi connectivity index (χ2n) is 8.47.